The number of hydrogen-bond acceptors (Lipinski definition) is 4. The number of aryl methyl sites for hydroxylation is 2. The second kappa shape index (κ2) is 4.66. The first kappa shape index (κ1) is 11.6. The van der Waals surface area contributed by atoms with Gasteiger partial charge in [0.25, 0.3) is 0 Å². The molecule has 0 saturated carbocycles. The van der Waals surface area contributed by atoms with Crippen molar-refractivity contribution in [3.8, 4) is 0 Å². The Morgan fingerprint density at radius 2 is 2.00 bits per heavy atom. The topological polar surface area (TPSA) is 42.7 Å². The van der Waals surface area contributed by atoms with Gasteiger partial charge in [-0.2, -0.15) is 0 Å². The van der Waals surface area contributed by atoms with Gasteiger partial charge in [0.2, 0.25) is 5.78 Å². The maximum atomic E-state index is 5.35. The summed E-state index contributed by atoms with van der Waals surface area (Å²) in [5.74, 6) is 0.802. The summed E-state index contributed by atoms with van der Waals surface area (Å²) in [4.78, 5) is 11.4. The smallest absolute Gasteiger partial charge is 0.234 e. The molecule has 5 nitrogen and oxygen atoms in total. The van der Waals surface area contributed by atoms with Crippen molar-refractivity contribution < 1.29 is 4.74 Å². The van der Waals surface area contributed by atoms with Gasteiger partial charge in [0.15, 0.2) is 0 Å². The Hall–Kier alpha value is -1.46. The van der Waals surface area contributed by atoms with Crippen LogP contribution < -0.4 is 0 Å². The molecule has 0 aromatic carbocycles. The third kappa shape index (κ3) is 2.23. The maximum absolute atomic E-state index is 5.35. The zero-order chi connectivity index (χ0) is 12.5. The minimum Gasteiger partial charge on any atom is -0.379 e. The molecule has 96 valence electrons. The van der Waals surface area contributed by atoms with Gasteiger partial charge in [0.1, 0.15) is 0 Å². The molecule has 0 unspecified atom stereocenters. The quantitative estimate of drug-likeness (QED) is 0.798. The van der Waals surface area contributed by atoms with Gasteiger partial charge in [-0.05, 0) is 19.9 Å². The fourth-order valence-corrected chi connectivity index (χ4v) is 2.38. The normalized spacial score (nSPS) is 17.4. The second-order valence-corrected chi connectivity index (χ2v) is 4.83. The summed E-state index contributed by atoms with van der Waals surface area (Å²) in [5.41, 5.74) is 3.28. The van der Waals surface area contributed by atoms with Gasteiger partial charge in [0.05, 0.1) is 18.9 Å². The number of morpholine rings is 1. The molecule has 0 bridgehead atoms. The number of nitrogens with zero attached hydrogens (tertiary/aromatic N) is 4. The van der Waals surface area contributed by atoms with Gasteiger partial charge in [-0.3, -0.25) is 9.30 Å². The second-order valence-electron chi connectivity index (χ2n) is 4.83. The van der Waals surface area contributed by atoms with E-state index >= 15 is 0 Å². The highest BCUT2D eigenvalue weighted by Crippen LogP contribution is 2.11. The van der Waals surface area contributed by atoms with Crippen LogP contribution in [0.4, 0.5) is 0 Å². The average Bonchev–Trinajstić information content (AvgIpc) is 2.73. The lowest BCUT2D eigenvalue weighted by atomic mass is 10.3. The Labute approximate surface area is 106 Å². The number of rotatable bonds is 2. The van der Waals surface area contributed by atoms with Gasteiger partial charge in [0, 0.05) is 37.2 Å². The molecule has 0 N–H and O–H groups in total. The number of imidazole rings is 1. The molecule has 1 aliphatic rings. The molecule has 2 aromatic heterocycles. The first-order chi connectivity index (χ1) is 8.72. The molecule has 2 aromatic rings. The first-order valence-corrected chi connectivity index (χ1v) is 6.35. The van der Waals surface area contributed by atoms with Crippen molar-refractivity contribution in [3.63, 3.8) is 0 Å². The van der Waals surface area contributed by atoms with Crippen LogP contribution in [0.3, 0.4) is 0 Å². The van der Waals surface area contributed by atoms with E-state index in [2.05, 4.69) is 38.5 Å². The molecule has 3 rings (SSSR count). The largest absolute Gasteiger partial charge is 0.379 e. The molecule has 0 amide bonds. The van der Waals surface area contributed by atoms with E-state index in [1.165, 1.54) is 5.69 Å². The number of fused-ring (bicyclic) bond motifs is 1. The Bertz CT molecular complexity index is 557. The molecule has 1 aliphatic heterocycles. The maximum Gasteiger partial charge on any atom is 0.234 e. The van der Waals surface area contributed by atoms with Gasteiger partial charge in [-0.1, -0.05) is 0 Å². The fourth-order valence-electron chi connectivity index (χ4n) is 2.38. The highest BCUT2D eigenvalue weighted by molar-refractivity contribution is 5.34. The first-order valence-electron chi connectivity index (χ1n) is 6.35. The van der Waals surface area contributed by atoms with E-state index in [-0.39, 0.29) is 0 Å². The summed E-state index contributed by atoms with van der Waals surface area (Å²) in [6, 6.07) is 2.08. The Morgan fingerprint density at radius 1 is 1.22 bits per heavy atom. The van der Waals surface area contributed by atoms with Crippen LogP contribution >= 0.6 is 0 Å². The Morgan fingerprint density at radius 3 is 2.78 bits per heavy atom. The van der Waals surface area contributed by atoms with E-state index in [0.717, 1.165) is 50.0 Å². The van der Waals surface area contributed by atoms with Crippen LogP contribution in [-0.2, 0) is 11.3 Å². The average molecular weight is 246 g/mol. The van der Waals surface area contributed by atoms with Crippen molar-refractivity contribution in [2.24, 2.45) is 0 Å². The molecule has 1 fully saturated rings. The summed E-state index contributed by atoms with van der Waals surface area (Å²) >= 11 is 0. The number of hydrogen-bond donors (Lipinski definition) is 0. The molecule has 5 heteroatoms. The zero-order valence-corrected chi connectivity index (χ0v) is 10.9. The number of aromatic nitrogens is 3. The molecule has 0 atom stereocenters. The lowest BCUT2D eigenvalue weighted by Gasteiger charge is -2.25. The van der Waals surface area contributed by atoms with E-state index in [1.807, 2.05) is 6.92 Å². The van der Waals surface area contributed by atoms with E-state index in [9.17, 15) is 0 Å². The van der Waals surface area contributed by atoms with Gasteiger partial charge in [-0.15, -0.1) is 0 Å². The minimum atomic E-state index is 0.802. The lowest BCUT2D eigenvalue weighted by Crippen LogP contribution is -2.35. The van der Waals surface area contributed by atoms with Crippen molar-refractivity contribution in [2.45, 2.75) is 20.4 Å². The van der Waals surface area contributed by atoms with Crippen molar-refractivity contribution >= 4 is 5.78 Å². The molecule has 0 spiro atoms. The van der Waals surface area contributed by atoms with E-state index < -0.39 is 0 Å². The standard InChI is InChI=1S/C13H18N4O/c1-10-7-11(2)17-9-12(15-13(17)14-10)8-16-3-5-18-6-4-16/h7,9H,3-6,8H2,1-2H3. The molecular formula is C13H18N4O. The van der Waals surface area contributed by atoms with E-state index in [0.29, 0.717) is 0 Å². The van der Waals surface area contributed by atoms with Crippen LogP contribution in [0.2, 0.25) is 0 Å². The summed E-state index contributed by atoms with van der Waals surface area (Å²) in [6.45, 7) is 8.59. The molecule has 3 heterocycles. The number of ether oxygens (including phenoxy) is 1. The lowest BCUT2D eigenvalue weighted by molar-refractivity contribution is 0.0337. The van der Waals surface area contributed by atoms with Crippen LogP contribution in [-0.4, -0.2) is 45.6 Å². The van der Waals surface area contributed by atoms with E-state index in [4.69, 9.17) is 4.74 Å². The highest BCUT2D eigenvalue weighted by atomic mass is 16.5. The van der Waals surface area contributed by atoms with Crippen LogP contribution in [0.1, 0.15) is 17.1 Å². The summed E-state index contributed by atoms with van der Waals surface area (Å²) in [5, 5.41) is 0. The van der Waals surface area contributed by atoms with Crippen LogP contribution in [0, 0.1) is 13.8 Å². The molecule has 18 heavy (non-hydrogen) atoms. The zero-order valence-electron chi connectivity index (χ0n) is 10.9. The predicted octanol–water partition coefficient (Wildman–Crippen LogP) is 1.18. The third-order valence-corrected chi connectivity index (χ3v) is 3.30. The van der Waals surface area contributed by atoms with Gasteiger partial charge in [-0.25, -0.2) is 9.97 Å². The van der Waals surface area contributed by atoms with Crippen molar-refractivity contribution in [2.75, 3.05) is 26.3 Å². The molecular weight excluding hydrogens is 228 g/mol. The van der Waals surface area contributed by atoms with Crippen molar-refractivity contribution in [1.29, 1.82) is 0 Å². The third-order valence-electron chi connectivity index (χ3n) is 3.30. The summed E-state index contributed by atoms with van der Waals surface area (Å²) in [7, 11) is 0. The molecule has 0 aliphatic carbocycles. The van der Waals surface area contributed by atoms with Gasteiger partial charge < -0.3 is 4.74 Å². The summed E-state index contributed by atoms with van der Waals surface area (Å²) < 4.78 is 7.41. The SMILES string of the molecule is Cc1cc(C)n2cc(CN3CCOCC3)nc2n1. The van der Waals surface area contributed by atoms with Gasteiger partial charge >= 0.3 is 0 Å². The predicted molar refractivity (Wildman–Crippen MR) is 68.6 cm³/mol. The Balaban J connectivity index is 1.86. The molecule has 0 radical (unpaired) electrons. The Kier molecular flexibility index (Phi) is 3.01. The van der Waals surface area contributed by atoms with Crippen molar-refractivity contribution in [1.82, 2.24) is 19.3 Å². The van der Waals surface area contributed by atoms with E-state index in [1.54, 1.807) is 0 Å². The highest BCUT2D eigenvalue weighted by Gasteiger charge is 2.13. The minimum absolute atomic E-state index is 0.802. The molecule has 1 saturated heterocycles. The fraction of sp³-hybridized carbons (Fsp3) is 0.538. The summed E-state index contributed by atoms with van der Waals surface area (Å²) in [6.07, 6.45) is 2.09. The monoisotopic (exact) mass is 246 g/mol. The van der Waals surface area contributed by atoms with Crippen LogP contribution in [0.15, 0.2) is 12.3 Å². The van der Waals surface area contributed by atoms with Crippen molar-refractivity contribution in [3.05, 3.63) is 29.3 Å². The van der Waals surface area contributed by atoms with Crippen LogP contribution in [0.5, 0.6) is 0 Å². The van der Waals surface area contributed by atoms with Crippen LogP contribution in [0.25, 0.3) is 5.78 Å².